The zero-order valence-electron chi connectivity index (χ0n) is 12.9. The average molecular weight is 287 g/mol. The summed E-state index contributed by atoms with van der Waals surface area (Å²) in [4.78, 5) is 2.13. The first-order valence-electron chi connectivity index (χ1n) is 6.76. The monoisotopic (exact) mass is 287 g/mol. The van der Waals surface area contributed by atoms with Crippen LogP contribution in [0.3, 0.4) is 0 Å². The van der Waals surface area contributed by atoms with Gasteiger partial charge in [-0.2, -0.15) is 0 Å². The fraction of sp³-hybridized carbons (Fsp3) is 0.294. The fourth-order valence-corrected chi connectivity index (χ4v) is 2.01. The van der Waals surface area contributed by atoms with Gasteiger partial charge in [-0.3, -0.25) is 0 Å². The zero-order chi connectivity index (χ0) is 15.2. The summed E-state index contributed by atoms with van der Waals surface area (Å²) in [7, 11) is 7.33. The third-order valence-electron chi connectivity index (χ3n) is 3.02. The van der Waals surface area contributed by atoms with Crippen LogP contribution < -0.4 is 14.2 Å². The Bertz CT molecular complexity index is 579. The summed E-state index contributed by atoms with van der Waals surface area (Å²) in [5.41, 5.74) is 1.24. The highest BCUT2D eigenvalue weighted by atomic mass is 16.5. The van der Waals surface area contributed by atoms with Gasteiger partial charge in [0.1, 0.15) is 11.5 Å². The van der Waals surface area contributed by atoms with Crippen LogP contribution >= 0.6 is 0 Å². The van der Waals surface area contributed by atoms with E-state index in [1.165, 1.54) is 5.56 Å². The molecule has 0 saturated heterocycles. The minimum atomic E-state index is 0.645. The highest BCUT2D eigenvalue weighted by Gasteiger charge is 2.07. The molecular formula is C17H21NO3. The third kappa shape index (κ3) is 4.13. The molecule has 0 unspecified atom stereocenters. The van der Waals surface area contributed by atoms with Crippen molar-refractivity contribution in [1.29, 1.82) is 0 Å². The maximum absolute atomic E-state index is 5.87. The maximum atomic E-state index is 5.87. The van der Waals surface area contributed by atoms with Crippen molar-refractivity contribution in [1.82, 2.24) is 4.90 Å². The second kappa shape index (κ2) is 6.99. The molecule has 0 bridgehead atoms. The average Bonchev–Trinajstić information content (AvgIpc) is 2.49. The molecule has 0 fully saturated rings. The van der Waals surface area contributed by atoms with Crippen molar-refractivity contribution >= 4 is 0 Å². The van der Waals surface area contributed by atoms with Crippen LogP contribution in [0.1, 0.15) is 5.56 Å². The number of nitrogens with zero attached hydrogens (tertiary/aromatic N) is 1. The smallest absolute Gasteiger partial charge is 0.169 e. The van der Waals surface area contributed by atoms with Crippen LogP contribution in [-0.4, -0.2) is 33.2 Å². The molecule has 0 N–H and O–H groups in total. The second-order valence-corrected chi connectivity index (χ2v) is 5.00. The highest BCUT2D eigenvalue weighted by molar-refractivity contribution is 5.47. The van der Waals surface area contributed by atoms with Crippen molar-refractivity contribution in [2.45, 2.75) is 6.54 Å². The summed E-state index contributed by atoms with van der Waals surface area (Å²) >= 11 is 0. The molecule has 0 aliphatic heterocycles. The molecule has 2 aromatic rings. The Labute approximate surface area is 125 Å². The van der Waals surface area contributed by atoms with Gasteiger partial charge < -0.3 is 19.1 Å². The van der Waals surface area contributed by atoms with E-state index in [1.807, 2.05) is 38.4 Å². The Kier molecular flexibility index (Phi) is 5.06. The molecule has 21 heavy (non-hydrogen) atoms. The lowest BCUT2D eigenvalue weighted by Gasteiger charge is -2.13. The Hall–Kier alpha value is -2.20. The van der Waals surface area contributed by atoms with Gasteiger partial charge in [-0.25, -0.2) is 0 Å². The molecule has 2 aromatic carbocycles. The van der Waals surface area contributed by atoms with Gasteiger partial charge in [-0.1, -0.05) is 12.1 Å². The van der Waals surface area contributed by atoms with Crippen LogP contribution in [0.15, 0.2) is 42.5 Å². The number of methoxy groups -OCH3 is 2. The van der Waals surface area contributed by atoms with Crippen molar-refractivity contribution in [3.8, 4) is 23.0 Å². The molecular weight excluding hydrogens is 266 g/mol. The quantitative estimate of drug-likeness (QED) is 0.813. The molecule has 0 spiro atoms. The van der Waals surface area contributed by atoms with Gasteiger partial charge in [0.2, 0.25) is 0 Å². The Balaban J connectivity index is 2.14. The maximum Gasteiger partial charge on any atom is 0.169 e. The van der Waals surface area contributed by atoms with Gasteiger partial charge in [0.25, 0.3) is 0 Å². The SMILES string of the molecule is COc1ccc(Oc2ccc(CN(C)C)cc2)c(OC)c1. The molecule has 0 aliphatic rings. The first kappa shape index (κ1) is 15.2. The second-order valence-electron chi connectivity index (χ2n) is 5.00. The van der Waals surface area contributed by atoms with E-state index in [1.54, 1.807) is 20.3 Å². The first-order valence-corrected chi connectivity index (χ1v) is 6.76. The summed E-state index contributed by atoms with van der Waals surface area (Å²) in [5, 5.41) is 0. The van der Waals surface area contributed by atoms with Crippen LogP contribution in [0.5, 0.6) is 23.0 Å². The molecule has 0 saturated carbocycles. The number of benzene rings is 2. The van der Waals surface area contributed by atoms with E-state index in [0.717, 1.165) is 18.0 Å². The predicted octanol–water partition coefficient (Wildman–Crippen LogP) is 3.56. The van der Waals surface area contributed by atoms with Crippen LogP contribution in [0.4, 0.5) is 0 Å². The van der Waals surface area contributed by atoms with E-state index in [0.29, 0.717) is 11.5 Å². The molecule has 0 radical (unpaired) electrons. The largest absolute Gasteiger partial charge is 0.497 e. The van der Waals surface area contributed by atoms with Crippen molar-refractivity contribution in [2.24, 2.45) is 0 Å². The number of ether oxygens (including phenoxy) is 3. The van der Waals surface area contributed by atoms with Gasteiger partial charge in [0.05, 0.1) is 14.2 Å². The van der Waals surface area contributed by atoms with E-state index in [4.69, 9.17) is 14.2 Å². The Morgan fingerprint density at radius 3 is 2.05 bits per heavy atom. The first-order chi connectivity index (χ1) is 10.1. The zero-order valence-corrected chi connectivity index (χ0v) is 12.9. The van der Waals surface area contributed by atoms with Crippen molar-refractivity contribution in [3.63, 3.8) is 0 Å². The molecule has 112 valence electrons. The van der Waals surface area contributed by atoms with Crippen LogP contribution in [0.25, 0.3) is 0 Å². The van der Waals surface area contributed by atoms with Crippen molar-refractivity contribution < 1.29 is 14.2 Å². The van der Waals surface area contributed by atoms with Gasteiger partial charge in [0.15, 0.2) is 11.5 Å². The third-order valence-corrected chi connectivity index (χ3v) is 3.02. The highest BCUT2D eigenvalue weighted by Crippen LogP contribution is 2.34. The lowest BCUT2D eigenvalue weighted by atomic mass is 10.2. The molecule has 0 heterocycles. The summed E-state index contributed by atoms with van der Waals surface area (Å²) in [5.74, 6) is 2.83. The van der Waals surface area contributed by atoms with E-state index >= 15 is 0 Å². The number of hydrogen-bond donors (Lipinski definition) is 0. The van der Waals surface area contributed by atoms with E-state index < -0.39 is 0 Å². The van der Waals surface area contributed by atoms with Crippen LogP contribution in [0, 0.1) is 0 Å². The minimum Gasteiger partial charge on any atom is -0.497 e. The fourth-order valence-electron chi connectivity index (χ4n) is 2.01. The normalized spacial score (nSPS) is 10.5. The standard InChI is InChI=1S/C17H21NO3/c1-18(2)12-13-5-7-14(8-6-13)21-16-10-9-15(19-3)11-17(16)20-4/h5-11H,12H2,1-4H3. The molecule has 0 aromatic heterocycles. The Morgan fingerprint density at radius 2 is 1.48 bits per heavy atom. The summed E-state index contributed by atoms with van der Waals surface area (Å²) < 4.78 is 16.4. The molecule has 4 nitrogen and oxygen atoms in total. The van der Waals surface area contributed by atoms with Gasteiger partial charge in [0, 0.05) is 12.6 Å². The number of hydrogen-bond acceptors (Lipinski definition) is 4. The van der Waals surface area contributed by atoms with E-state index in [2.05, 4.69) is 17.0 Å². The molecule has 2 rings (SSSR count). The summed E-state index contributed by atoms with van der Waals surface area (Å²) in [6, 6.07) is 13.5. The summed E-state index contributed by atoms with van der Waals surface area (Å²) in [6.45, 7) is 0.909. The predicted molar refractivity (Wildman–Crippen MR) is 83.5 cm³/mol. The van der Waals surface area contributed by atoms with Crippen LogP contribution in [-0.2, 0) is 6.54 Å². The lowest BCUT2D eigenvalue weighted by molar-refractivity contribution is 0.368. The van der Waals surface area contributed by atoms with Gasteiger partial charge >= 0.3 is 0 Å². The minimum absolute atomic E-state index is 0.645. The topological polar surface area (TPSA) is 30.9 Å². The molecule has 0 atom stereocenters. The van der Waals surface area contributed by atoms with Crippen molar-refractivity contribution in [2.75, 3.05) is 28.3 Å². The van der Waals surface area contributed by atoms with Gasteiger partial charge in [-0.15, -0.1) is 0 Å². The molecule has 0 aliphatic carbocycles. The van der Waals surface area contributed by atoms with E-state index in [9.17, 15) is 0 Å². The Morgan fingerprint density at radius 1 is 0.810 bits per heavy atom. The molecule has 4 heteroatoms. The number of rotatable bonds is 6. The van der Waals surface area contributed by atoms with Crippen molar-refractivity contribution in [3.05, 3.63) is 48.0 Å². The lowest BCUT2D eigenvalue weighted by Crippen LogP contribution is -2.10. The van der Waals surface area contributed by atoms with Crippen LogP contribution in [0.2, 0.25) is 0 Å². The van der Waals surface area contributed by atoms with Gasteiger partial charge in [-0.05, 0) is 43.9 Å². The van der Waals surface area contributed by atoms with E-state index in [-0.39, 0.29) is 0 Å². The summed E-state index contributed by atoms with van der Waals surface area (Å²) in [6.07, 6.45) is 0. The molecule has 0 amide bonds.